The van der Waals surface area contributed by atoms with E-state index in [-0.39, 0.29) is 15.9 Å². The number of fused-ring (bicyclic) bond motifs is 25. The summed E-state index contributed by atoms with van der Waals surface area (Å²) >= 11 is 32.7. The third kappa shape index (κ3) is 12.3. The maximum atomic E-state index is 6.54. The Balaban J connectivity index is 0.0000000963. The smallest absolute Gasteiger partial charge is 0.223 e. The Morgan fingerprint density at radius 3 is 1.32 bits per heavy atom. The summed E-state index contributed by atoms with van der Waals surface area (Å²) in [5, 5.41) is 20.2. The third-order valence-corrected chi connectivity index (χ3v) is 26.1. The normalized spacial score (nSPS) is 11.7. The average molecular weight is 1600 g/mol. The summed E-state index contributed by atoms with van der Waals surface area (Å²) in [5.41, 5.74) is 13.9. The molecule has 534 valence electrons. The van der Waals surface area contributed by atoms with Crippen LogP contribution in [0, 0.1) is 0 Å². The zero-order valence-corrected chi connectivity index (χ0v) is 65.4. The number of thiophene rings is 4. The van der Waals surface area contributed by atoms with Crippen LogP contribution in [0.2, 0.25) is 21.0 Å². The molecule has 0 aliphatic rings. The highest BCUT2D eigenvalue weighted by atomic mass is 35.5. The first kappa shape index (κ1) is 68.8. The van der Waals surface area contributed by atoms with Gasteiger partial charge in [-0.1, -0.05) is 272 Å². The van der Waals surface area contributed by atoms with E-state index in [1.165, 1.54) is 93.7 Å². The molecule has 24 rings (SSSR count). The van der Waals surface area contributed by atoms with Gasteiger partial charge in [-0.3, -0.25) is 0 Å². The van der Waals surface area contributed by atoms with Crippen LogP contribution in [0.4, 0.5) is 0 Å². The molecular weight excluding hydrogens is 1550 g/mol. The number of halogens is 4. The minimum atomic E-state index is 0.268. The van der Waals surface area contributed by atoms with Gasteiger partial charge in [0.05, 0.1) is 47.7 Å². The Hall–Kier alpha value is -12.2. The van der Waals surface area contributed by atoms with Gasteiger partial charge in [0.25, 0.3) is 0 Å². The van der Waals surface area contributed by atoms with Gasteiger partial charge in [0.15, 0.2) is 16.6 Å². The van der Waals surface area contributed by atoms with Crippen molar-refractivity contribution in [3.63, 3.8) is 0 Å². The van der Waals surface area contributed by atoms with Crippen LogP contribution in [0.1, 0.15) is 0 Å². The Morgan fingerprint density at radius 2 is 0.673 bits per heavy atom. The van der Waals surface area contributed by atoms with Crippen molar-refractivity contribution in [1.82, 2.24) is 39.9 Å². The lowest BCUT2D eigenvalue weighted by molar-refractivity contribution is 0.666. The second-order valence-corrected chi connectivity index (χ2v) is 32.9. The van der Waals surface area contributed by atoms with E-state index in [1.807, 2.05) is 72.0 Å². The van der Waals surface area contributed by atoms with E-state index in [2.05, 4.69) is 285 Å². The molecule has 9 aromatic heterocycles. The minimum Gasteiger partial charge on any atom is -0.451 e. The molecule has 0 saturated heterocycles. The lowest BCUT2D eigenvalue weighted by atomic mass is 9.98. The van der Waals surface area contributed by atoms with Gasteiger partial charge in [0.1, 0.15) is 11.1 Å². The summed E-state index contributed by atoms with van der Waals surface area (Å²) in [7, 11) is 0. The fourth-order valence-corrected chi connectivity index (χ4v) is 21.0. The largest absolute Gasteiger partial charge is 0.451 e. The monoisotopic (exact) mass is 1600 g/mol. The molecule has 24 aromatic rings. The Bertz CT molecular complexity index is 7980. The summed E-state index contributed by atoms with van der Waals surface area (Å²) in [6.07, 6.45) is 0. The second-order valence-electron chi connectivity index (χ2n) is 27.3. The zero-order chi connectivity index (χ0) is 75.4. The van der Waals surface area contributed by atoms with Gasteiger partial charge in [-0.25, -0.2) is 39.9 Å². The quantitative estimate of drug-likeness (QED) is 0.0943. The van der Waals surface area contributed by atoms with Crippen LogP contribution < -0.4 is 0 Å². The maximum Gasteiger partial charge on any atom is 0.223 e. The highest BCUT2D eigenvalue weighted by molar-refractivity contribution is 7.28. The van der Waals surface area contributed by atoms with Crippen molar-refractivity contribution >= 4 is 249 Å². The molecule has 0 amide bonds. The van der Waals surface area contributed by atoms with Crippen molar-refractivity contribution in [3.05, 3.63) is 336 Å². The lowest BCUT2D eigenvalue weighted by Crippen LogP contribution is -1.90. The van der Waals surface area contributed by atoms with Gasteiger partial charge in [-0.05, 0) is 149 Å². The first-order valence-corrected chi connectivity index (χ1v) is 41.1. The van der Waals surface area contributed by atoms with Crippen LogP contribution >= 0.6 is 91.8 Å². The first-order valence-electron chi connectivity index (χ1n) is 36.4. The van der Waals surface area contributed by atoms with E-state index in [0.717, 1.165) is 108 Å². The van der Waals surface area contributed by atoms with E-state index < -0.39 is 0 Å². The third-order valence-electron chi connectivity index (χ3n) is 20.6. The molecule has 0 radical (unpaired) electrons. The fourth-order valence-electron chi connectivity index (χ4n) is 15.5. The Morgan fingerprint density at radius 1 is 0.230 bits per heavy atom. The van der Waals surface area contributed by atoms with Gasteiger partial charge >= 0.3 is 0 Å². The van der Waals surface area contributed by atoms with Crippen molar-refractivity contribution in [2.45, 2.75) is 0 Å². The molecule has 0 atom stereocenters. The SMILES string of the molecule is Clc1nc(-c2ccc3ccccc3c2)c2sc3ccc4ccccc4c3c2n1.Clc1nc(-c2ccc3sc4ccccc4c3c2)c2sc3ccc4ccccc4c3c2n1.Clc1nc(-c2cccc(-c3ccccc3)c2)c2sc3c4ccccc4c4ccccc4c3c2n1.Clc1nc(-c2ccccc2)nc2c1oc1ccccc12. The molecule has 0 unspecified atom stereocenters. The van der Waals surface area contributed by atoms with Crippen LogP contribution in [0.25, 0.3) is 213 Å². The van der Waals surface area contributed by atoms with E-state index >= 15 is 0 Å². The molecule has 0 saturated carbocycles. The number of hydrogen-bond acceptors (Lipinski definition) is 13. The van der Waals surface area contributed by atoms with Crippen LogP contribution in [0.15, 0.2) is 320 Å². The summed E-state index contributed by atoms with van der Waals surface area (Å²) in [6, 6.07) is 109. The molecule has 0 bridgehead atoms. The summed E-state index contributed by atoms with van der Waals surface area (Å²) in [6.45, 7) is 0. The predicted molar refractivity (Wildman–Crippen MR) is 482 cm³/mol. The maximum absolute atomic E-state index is 6.54. The van der Waals surface area contributed by atoms with Crippen LogP contribution in [-0.2, 0) is 0 Å². The molecule has 9 heterocycles. The van der Waals surface area contributed by atoms with Crippen LogP contribution in [-0.4, -0.2) is 39.9 Å². The molecule has 0 aliphatic heterocycles. The zero-order valence-electron chi connectivity index (χ0n) is 59.2. The number of rotatable bonds is 5. The van der Waals surface area contributed by atoms with E-state index in [1.54, 1.807) is 34.0 Å². The van der Waals surface area contributed by atoms with Crippen molar-refractivity contribution < 1.29 is 4.42 Å². The standard InChI is InChI=1S/C30H17ClN2S.C26H13ClN2S2.C24H13ClN2S.C16H9ClN2O/c31-30-32-26(20-12-8-11-19(17-20)18-9-2-1-3-10-18)29-27(33-30)25-23-15-6-4-13-21(23)22-14-5-7-16-24(22)28(25)34-29;27-26-28-23(15-10-11-20-18(13-15)17-7-3-4-8-19(17)30-20)25-24(29-26)22-16-6-2-1-5-14(16)9-12-21(22)31-25;25-24-26-21(17-10-9-14-5-1-2-7-16(14)13-17)23-22(27-24)20-18-8-4-3-6-15(18)11-12-19(20)28-23;17-15-14-13(11-8-4-5-9-12(11)20-14)18-16(19-15)10-6-2-1-3-7-10/h1-17H;1-13H;1-13H;1-9H. The Labute approximate surface area is 679 Å². The molecule has 113 heavy (non-hydrogen) atoms. The molecule has 0 spiro atoms. The lowest BCUT2D eigenvalue weighted by Gasteiger charge is -2.07. The Kier molecular flexibility index (Phi) is 17.3. The topological polar surface area (TPSA) is 116 Å². The number of para-hydroxylation sites is 1. The molecule has 0 aliphatic carbocycles. The van der Waals surface area contributed by atoms with Crippen LogP contribution in [0.3, 0.4) is 0 Å². The van der Waals surface area contributed by atoms with E-state index in [0.29, 0.717) is 16.6 Å². The van der Waals surface area contributed by atoms with Crippen LogP contribution in [0.5, 0.6) is 0 Å². The molecule has 9 nitrogen and oxygen atoms in total. The highest BCUT2D eigenvalue weighted by Gasteiger charge is 2.24. The minimum absolute atomic E-state index is 0.268. The van der Waals surface area contributed by atoms with Gasteiger partial charge in [0, 0.05) is 83.5 Å². The van der Waals surface area contributed by atoms with E-state index in [9.17, 15) is 0 Å². The van der Waals surface area contributed by atoms with Gasteiger partial charge in [0.2, 0.25) is 15.9 Å². The number of benzene rings is 15. The van der Waals surface area contributed by atoms with Gasteiger partial charge < -0.3 is 4.42 Å². The van der Waals surface area contributed by atoms with Crippen molar-refractivity contribution in [3.8, 4) is 56.3 Å². The van der Waals surface area contributed by atoms with Crippen molar-refractivity contribution in [2.75, 3.05) is 0 Å². The predicted octanol–water partition coefficient (Wildman–Crippen LogP) is 30.0. The summed E-state index contributed by atoms with van der Waals surface area (Å²) < 4.78 is 15.1. The van der Waals surface area contributed by atoms with Crippen molar-refractivity contribution in [1.29, 1.82) is 0 Å². The summed E-state index contributed by atoms with van der Waals surface area (Å²) in [5.74, 6) is 0.606. The molecule has 15 aromatic carbocycles. The van der Waals surface area contributed by atoms with Gasteiger partial charge in [-0.2, -0.15) is 0 Å². The number of aromatic nitrogens is 8. The molecule has 17 heteroatoms. The van der Waals surface area contributed by atoms with Gasteiger partial charge in [-0.15, -0.1) is 45.3 Å². The summed E-state index contributed by atoms with van der Waals surface area (Å²) in [4.78, 5) is 37.0. The van der Waals surface area contributed by atoms with E-state index in [4.69, 9.17) is 60.8 Å². The molecular formula is C96H52Cl4N8OS4. The fraction of sp³-hybridized carbons (Fsp3) is 0. The molecule has 0 N–H and O–H groups in total. The number of nitrogens with zero attached hydrogens (tertiary/aromatic N) is 8. The number of furan rings is 1. The average Bonchev–Trinajstić information content (AvgIpc) is 1.57. The molecule has 0 fully saturated rings. The first-order chi connectivity index (χ1) is 55.6. The second kappa shape index (κ2) is 28.5. The van der Waals surface area contributed by atoms with Crippen molar-refractivity contribution in [2.24, 2.45) is 0 Å². The highest BCUT2D eigenvalue weighted by Crippen LogP contribution is 2.49. The number of hydrogen-bond donors (Lipinski definition) is 0.